The average molecular weight is 223 g/mol. The van der Waals surface area contributed by atoms with Gasteiger partial charge in [-0.25, -0.2) is 4.98 Å². The minimum absolute atomic E-state index is 0.758. The molecule has 1 aliphatic rings. The number of hydrogen-bond acceptors (Lipinski definition) is 3. The molecule has 1 saturated carbocycles. The highest BCUT2D eigenvalue weighted by Crippen LogP contribution is 2.39. The first-order valence-electron chi connectivity index (χ1n) is 6.00. The van der Waals surface area contributed by atoms with E-state index in [0.29, 0.717) is 0 Å². The molecular weight excluding hydrogens is 202 g/mol. The van der Waals surface area contributed by atoms with Crippen LogP contribution in [0.2, 0.25) is 0 Å². The molecule has 0 radical (unpaired) electrons. The molecule has 1 aliphatic carbocycles. The second-order valence-electron chi connectivity index (χ2n) is 4.68. The summed E-state index contributed by atoms with van der Waals surface area (Å²) in [5, 5.41) is 3.35. The van der Waals surface area contributed by atoms with Gasteiger partial charge in [-0.1, -0.05) is 6.92 Å². The van der Waals surface area contributed by atoms with Gasteiger partial charge in [-0.2, -0.15) is 0 Å². The van der Waals surface area contributed by atoms with Crippen LogP contribution in [0, 0.1) is 11.8 Å². The quantitative estimate of drug-likeness (QED) is 0.708. The summed E-state index contributed by atoms with van der Waals surface area (Å²) in [6, 6.07) is 0. The summed E-state index contributed by atoms with van der Waals surface area (Å²) < 4.78 is 7.27. The smallest absolute Gasteiger partial charge is 0.0948 e. The first-order chi connectivity index (χ1) is 7.81. The van der Waals surface area contributed by atoms with Crippen LogP contribution in [-0.4, -0.2) is 29.8 Å². The minimum atomic E-state index is 0.758. The van der Waals surface area contributed by atoms with Crippen molar-refractivity contribution in [3.63, 3.8) is 0 Å². The van der Waals surface area contributed by atoms with Gasteiger partial charge in [0.2, 0.25) is 0 Å². The third-order valence-corrected chi connectivity index (χ3v) is 3.29. The lowest BCUT2D eigenvalue weighted by Crippen LogP contribution is -2.20. The molecule has 1 aromatic heterocycles. The van der Waals surface area contributed by atoms with Crippen molar-refractivity contribution < 1.29 is 4.74 Å². The fourth-order valence-corrected chi connectivity index (χ4v) is 1.96. The molecule has 0 bridgehead atoms. The maximum Gasteiger partial charge on any atom is 0.0948 e. The molecule has 1 aromatic rings. The molecule has 1 N–H and O–H groups in total. The summed E-state index contributed by atoms with van der Waals surface area (Å²) in [5.74, 6) is 1.77. The molecule has 4 nitrogen and oxygen atoms in total. The SMILES string of the molecule is COCCNCc1cncn1CC1CC1C. The maximum atomic E-state index is 5.00. The van der Waals surface area contributed by atoms with E-state index in [0.717, 1.165) is 38.1 Å². The number of hydrogen-bond donors (Lipinski definition) is 1. The summed E-state index contributed by atoms with van der Waals surface area (Å²) >= 11 is 0. The molecule has 0 spiro atoms. The van der Waals surface area contributed by atoms with Crippen LogP contribution in [0.3, 0.4) is 0 Å². The zero-order valence-corrected chi connectivity index (χ0v) is 10.1. The highest BCUT2D eigenvalue weighted by atomic mass is 16.5. The summed E-state index contributed by atoms with van der Waals surface area (Å²) in [7, 11) is 1.72. The summed E-state index contributed by atoms with van der Waals surface area (Å²) in [6.07, 6.45) is 5.26. The van der Waals surface area contributed by atoms with E-state index in [9.17, 15) is 0 Å². The molecule has 0 amide bonds. The molecule has 1 fully saturated rings. The molecule has 90 valence electrons. The topological polar surface area (TPSA) is 39.1 Å². The standard InChI is InChI=1S/C12H21N3O/c1-10-5-11(10)8-15-9-14-7-12(15)6-13-3-4-16-2/h7,9-11,13H,3-6,8H2,1-2H3. The van der Waals surface area contributed by atoms with Crippen molar-refractivity contribution in [3.8, 4) is 0 Å². The maximum absolute atomic E-state index is 5.00. The number of nitrogens with zero attached hydrogens (tertiary/aromatic N) is 2. The monoisotopic (exact) mass is 223 g/mol. The van der Waals surface area contributed by atoms with Crippen LogP contribution >= 0.6 is 0 Å². The van der Waals surface area contributed by atoms with E-state index in [1.165, 1.54) is 12.1 Å². The fourth-order valence-electron chi connectivity index (χ4n) is 1.96. The fraction of sp³-hybridized carbons (Fsp3) is 0.750. The number of aromatic nitrogens is 2. The molecule has 2 atom stereocenters. The van der Waals surface area contributed by atoms with E-state index in [-0.39, 0.29) is 0 Å². The highest BCUT2D eigenvalue weighted by Gasteiger charge is 2.32. The lowest BCUT2D eigenvalue weighted by molar-refractivity contribution is 0.199. The van der Waals surface area contributed by atoms with Gasteiger partial charge in [0.15, 0.2) is 0 Å². The van der Waals surface area contributed by atoms with Crippen molar-refractivity contribution in [1.82, 2.24) is 14.9 Å². The number of imidazole rings is 1. The van der Waals surface area contributed by atoms with Crippen molar-refractivity contribution in [3.05, 3.63) is 18.2 Å². The van der Waals surface area contributed by atoms with Gasteiger partial charge in [0.05, 0.1) is 18.6 Å². The Hall–Kier alpha value is -0.870. The Morgan fingerprint density at radius 1 is 1.62 bits per heavy atom. The molecule has 0 saturated heterocycles. The Morgan fingerprint density at radius 2 is 2.44 bits per heavy atom. The molecule has 4 heteroatoms. The van der Waals surface area contributed by atoms with E-state index < -0.39 is 0 Å². The molecule has 2 unspecified atom stereocenters. The Labute approximate surface area is 97.0 Å². The molecular formula is C12H21N3O. The van der Waals surface area contributed by atoms with Crippen molar-refractivity contribution in [1.29, 1.82) is 0 Å². The number of methoxy groups -OCH3 is 1. The molecule has 16 heavy (non-hydrogen) atoms. The minimum Gasteiger partial charge on any atom is -0.383 e. The van der Waals surface area contributed by atoms with Gasteiger partial charge in [-0.15, -0.1) is 0 Å². The van der Waals surface area contributed by atoms with Gasteiger partial charge >= 0.3 is 0 Å². The van der Waals surface area contributed by atoms with Crippen molar-refractivity contribution >= 4 is 0 Å². The molecule has 0 aliphatic heterocycles. The molecule has 1 heterocycles. The molecule has 2 rings (SSSR count). The van der Waals surface area contributed by atoms with Crippen LogP contribution in [0.1, 0.15) is 19.0 Å². The summed E-state index contributed by atoms with van der Waals surface area (Å²) in [4.78, 5) is 4.22. The van der Waals surface area contributed by atoms with E-state index in [1.807, 2.05) is 12.5 Å². The largest absolute Gasteiger partial charge is 0.383 e. The average Bonchev–Trinajstić information content (AvgIpc) is 2.77. The number of nitrogens with one attached hydrogen (secondary N) is 1. The van der Waals surface area contributed by atoms with Gasteiger partial charge in [0.25, 0.3) is 0 Å². The lowest BCUT2D eigenvalue weighted by atomic mass is 10.3. The van der Waals surface area contributed by atoms with Gasteiger partial charge in [-0.05, 0) is 18.3 Å². The van der Waals surface area contributed by atoms with Crippen molar-refractivity contribution in [2.24, 2.45) is 11.8 Å². The van der Waals surface area contributed by atoms with Gasteiger partial charge in [-0.3, -0.25) is 0 Å². The van der Waals surface area contributed by atoms with E-state index in [1.54, 1.807) is 7.11 Å². The van der Waals surface area contributed by atoms with Crippen molar-refractivity contribution in [2.75, 3.05) is 20.3 Å². The Kier molecular flexibility index (Phi) is 3.96. The first kappa shape index (κ1) is 11.6. The van der Waals surface area contributed by atoms with Crippen LogP contribution in [0.4, 0.5) is 0 Å². The lowest BCUT2D eigenvalue weighted by Gasteiger charge is -2.08. The molecule has 0 aromatic carbocycles. The van der Waals surface area contributed by atoms with Gasteiger partial charge in [0.1, 0.15) is 0 Å². The summed E-state index contributed by atoms with van der Waals surface area (Å²) in [5.41, 5.74) is 1.27. The van der Waals surface area contributed by atoms with Crippen LogP contribution in [0.15, 0.2) is 12.5 Å². The second kappa shape index (κ2) is 5.46. The first-order valence-corrected chi connectivity index (χ1v) is 6.00. The van der Waals surface area contributed by atoms with E-state index >= 15 is 0 Å². The van der Waals surface area contributed by atoms with Crippen LogP contribution in [0.25, 0.3) is 0 Å². The zero-order valence-electron chi connectivity index (χ0n) is 10.1. The number of ether oxygens (including phenoxy) is 1. The number of rotatable bonds is 7. The van der Waals surface area contributed by atoms with E-state index in [4.69, 9.17) is 4.74 Å². The van der Waals surface area contributed by atoms with Crippen molar-refractivity contribution in [2.45, 2.75) is 26.4 Å². The van der Waals surface area contributed by atoms with Gasteiger partial charge in [0, 0.05) is 32.9 Å². The van der Waals surface area contributed by atoms with Gasteiger partial charge < -0.3 is 14.6 Å². The Balaban J connectivity index is 1.77. The second-order valence-corrected chi connectivity index (χ2v) is 4.68. The predicted octanol–water partition coefficient (Wildman–Crippen LogP) is 1.28. The normalized spacial score (nSPS) is 23.6. The van der Waals surface area contributed by atoms with Crippen LogP contribution in [-0.2, 0) is 17.8 Å². The Bertz CT molecular complexity index is 324. The third-order valence-electron chi connectivity index (χ3n) is 3.29. The highest BCUT2D eigenvalue weighted by molar-refractivity contribution is 4.99. The Morgan fingerprint density at radius 3 is 3.12 bits per heavy atom. The van der Waals surface area contributed by atoms with E-state index in [2.05, 4.69) is 21.8 Å². The van der Waals surface area contributed by atoms with Crippen LogP contribution in [0.5, 0.6) is 0 Å². The zero-order chi connectivity index (χ0) is 11.4. The third kappa shape index (κ3) is 3.06. The summed E-state index contributed by atoms with van der Waals surface area (Å²) in [6.45, 7) is 5.97. The van der Waals surface area contributed by atoms with Crippen LogP contribution < -0.4 is 5.32 Å². The predicted molar refractivity (Wildman–Crippen MR) is 63.1 cm³/mol.